The highest BCUT2D eigenvalue weighted by Crippen LogP contribution is 2.16. The van der Waals surface area contributed by atoms with Crippen LogP contribution in [0.5, 0.6) is 0 Å². The summed E-state index contributed by atoms with van der Waals surface area (Å²) < 4.78 is 2.08. The van der Waals surface area contributed by atoms with Crippen molar-refractivity contribution in [1.29, 1.82) is 0 Å². The minimum Gasteiger partial charge on any atom is -0.333 e. The van der Waals surface area contributed by atoms with Crippen LogP contribution in [0.15, 0.2) is 18.7 Å². The van der Waals surface area contributed by atoms with E-state index in [0.717, 1.165) is 18.9 Å². The first-order chi connectivity index (χ1) is 7.83. The van der Waals surface area contributed by atoms with Crippen LogP contribution >= 0.6 is 0 Å². The zero-order valence-corrected chi connectivity index (χ0v) is 8.83. The number of rotatable bonds is 3. The van der Waals surface area contributed by atoms with Crippen molar-refractivity contribution in [2.24, 2.45) is 0 Å². The molecule has 82 valence electrons. The van der Waals surface area contributed by atoms with Crippen molar-refractivity contribution in [3.05, 3.63) is 24.5 Å². The number of nitrogens with zero attached hydrogens (tertiary/aromatic N) is 6. The lowest BCUT2D eigenvalue weighted by Gasteiger charge is -2.16. The Balaban J connectivity index is 1.67. The second kappa shape index (κ2) is 3.44. The summed E-state index contributed by atoms with van der Waals surface area (Å²) in [6.07, 6.45) is 5.26. The molecule has 0 spiro atoms. The summed E-state index contributed by atoms with van der Waals surface area (Å²) in [5.41, 5.74) is 3.06. The molecule has 7 nitrogen and oxygen atoms in total. The molecule has 1 N–H and O–H groups in total. The fourth-order valence-electron chi connectivity index (χ4n) is 1.65. The Hall–Kier alpha value is -2.18. The third kappa shape index (κ3) is 1.46. The summed E-state index contributed by atoms with van der Waals surface area (Å²) in [5.74, 6) is 2.28. The van der Waals surface area contributed by atoms with Crippen LogP contribution in [-0.4, -0.2) is 31.0 Å². The van der Waals surface area contributed by atoms with Crippen LogP contribution < -0.4 is 10.4 Å². The maximum Gasteiger partial charge on any atom is 0.249 e. The first-order valence-corrected chi connectivity index (χ1v) is 5.04. The molecule has 0 aromatic carbocycles. The number of fused-ring (bicyclic) bond motifs is 2. The van der Waals surface area contributed by atoms with Gasteiger partial charge in [0.2, 0.25) is 11.9 Å². The van der Waals surface area contributed by atoms with Crippen molar-refractivity contribution < 1.29 is 0 Å². The lowest BCUT2D eigenvalue weighted by Crippen LogP contribution is -2.30. The highest BCUT2D eigenvalue weighted by atomic mass is 15.6. The summed E-state index contributed by atoms with van der Waals surface area (Å²) in [7, 11) is 0. The summed E-state index contributed by atoms with van der Waals surface area (Å²) in [4.78, 5) is 16.4. The van der Waals surface area contributed by atoms with Crippen molar-refractivity contribution in [1.82, 2.24) is 24.5 Å². The van der Waals surface area contributed by atoms with Gasteiger partial charge in [-0.2, -0.15) is 15.0 Å². The molecule has 0 saturated heterocycles. The minimum absolute atomic E-state index is 0.604. The number of hydrogen-bond donors (Lipinski definition) is 1. The standard InChI is InChI=1S/C9H11N7/c1-7-10-2-3-15(7)4-5-16-9-12-6-11-8(13-9)14-16/h2-3,6H,4-5H2,1H3,(H,11,12,13,14). The maximum atomic E-state index is 4.17. The summed E-state index contributed by atoms with van der Waals surface area (Å²) in [6.45, 7) is 3.59. The van der Waals surface area contributed by atoms with Gasteiger partial charge in [0.05, 0.1) is 6.54 Å². The second-order valence-corrected chi connectivity index (χ2v) is 3.54. The van der Waals surface area contributed by atoms with Gasteiger partial charge in [-0.25, -0.2) is 4.98 Å². The Kier molecular flexibility index (Phi) is 1.95. The largest absolute Gasteiger partial charge is 0.333 e. The van der Waals surface area contributed by atoms with E-state index in [1.54, 1.807) is 6.20 Å². The molecule has 2 aromatic heterocycles. The third-order valence-electron chi connectivity index (χ3n) is 2.52. The molecule has 0 fully saturated rings. The van der Waals surface area contributed by atoms with Crippen molar-refractivity contribution in [3.63, 3.8) is 0 Å². The molecule has 2 aromatic rings. The Morgan fingerprint density at radius 3 is 2.94 bits per heavy atom. The zero-order chi connectivity index (χ0) is 11.0. The first kappa shape index (κ1) is 9.08. The van der Waals surface area contributed by atoms with Crippen LogP contribution in [0.4, 0.5) is 11.9 Å². The molecular formula is C9H11N7. The third-order valence-corrected chi connectivity index (χ3v) is 2.52. The number of aryl methyl sites for hydroxylation is 1. The topological polar surface area (TPSA) is 71.8 Å². The molecule has 16 heavy (non-hydrogen) atoms. The molecule has 1 aliphatic heterocycles. The molecule has 7 heteroatoms. The Morgan fingerprint density at radius 2 is 2.19 bits per heavy atom. The van der Waals surface area contributed by atoms with Crippen molar-refractivity contribution >= 4 is 11.9 Å². The van der Waals surface area contributed by atoms with E-state index in [4.69, 9.17) is 0 Å². The van der Waals surface area contributed by atoms with Gasteiger partial charge in [-0.1, -0.05) is 0 Å². The number of hydrogen-bond acceptors (Lipinski definition) is 6. The van der Waals surface area contributed by atoms with Crippen LogP contribution in [0, 0.1) is 6.92 Å². The quantitative estimate of drug-likeness (QED) is 0.793. The van der Waals surface area contributed by atoms with E-state index in [9.17, 15) is 0 Å². The van der Waals surface area contributed by atoms with Crippen molar-refractivity contribution in [2.45, 2.75) is 13.5 Å². The molecule has 0 saturated carbocycles. The average molecular weight is 217 g/mol. The Bertz CT molecular complexity index is 506. The number of aromatic nitrogens is 5. The number of anilines is 2. The number of hydrazine groups is 1. The molecule has 2 bridgehead atoms. The minimum atomic E-state index is 0.604. The van der Waals surface area contributed by atoms with Gasteiger partial charge in [0.15, 0.2) is 0 Å². The van der Waals surface area contributed by atoms with Crippen molar-refractivity contribution in [2.75, 3.05) is 17.0 Å². The van der Waals surface area contributed by atoms with E-state index in [-0.39, 0.29) is 0 Å². The van der Waals surface area contributed by atoms with Crippen molar-refractivity contribution in [3.8, 4) is 0 Å². The molecule has 0 atom stereocenters. The van der Waals surface area contributed by atoms with Gasteiger partial charge in [0.1, 0.15) is 12.2 Å². The predicted octanol–water partition coefficient (Wildman–Crippen LogP) is 0.224. The average Bonchev–Trinajstić information content (AvgIpc) is 2.81. The number of nitrogens with one attached hydrogen (secondary N) is 1. The van der Waals surface area contributed by atoms with E-state index >= 15 is 0 Å². The van der Waals surface area contributed by atoms with Crippen LogP contribution in [0.1, 0.15) is 5.82 Å². The summed E-state index contributed by atoms with van der Waals surface area (Å²) in [6, 6.07) is 0. The molecule has 3 heterocycles. The van der Waals surface area contributed by atoms with Gasteiger partial charge >= 0.3 is 0 Å². The van der Waals surface area contributed by atoms with Gasteiger partial charge in [-0.05, 0) is 6.92 Å². The molecular weight excluding hydrogens is 206 g/mol. The SMILES string of the molecule is Cc1nccn1CCN1Nc2ncnc1n2. The smallest absolute Gasteiger partial charge is 0.249 e. The summed E-state index contributed by atoms with van der Waals surface area (Å²) >= 11 is 0. The fraction of sp³-hybridized carbons (Fsp3) is 0.333. The van der Waals surface area contributed by atoms with Crippen LogP contribution in [-0.2, 0) is 6.54 Å². The molecule has 0 amide bonds. The Labute approximate surface area is 92.2 Å². The maximum absolute atomic E-state index is 4.17. The van der Waals surface area contributed by atoms with Gasteiger partial charge in [-0.3, -0.25) is 10.4 Å². The van der Waals surface area contributed by atoms with Gasteiger partial charge in [-0.15, -0.1) is 0 Å². The lowest BCUT2D eigenvalue weighted by atomic mass is 10.5. The van der Waals surface area contributed by atoms with Crippen LogP contribution in [0.25, 0.3) is 0 Å². The molecule has 0 radical (unpaired) electrons. The zero-order valence-electron chi connectivity index (χ0n) is 8.83. The van der Waals surface area contributed by atoms with E-state index in [1.165, 1.54) is 6.33 Å². The first-order valence-electron chi connectivity index (χ1n) is 5.04. The van der Waals surface area contributed by atoms with Gasteiger partial charge in [0, 0.05) is 18.9 Å². The Morgan fingerprint density at radius 1 is 1.25 bits per heavy atom. The van der Waals surface area contributed by atoms with Gasteiger partial charge < -0.3 is 4.57 Å². The molecule has 0 unspecified atom stereocenters. The van der Waals surface area contributed by atoms with Crippen LogP contribution in [0.2, 0.25) is 0 Å². The monoisotopic (exact) mass is 217 g/mol. The highest BCUT2D eigenvalue weighted by molar-refractivity contribution is 5.48. The van der Waals surface area contributed by atoms with E-state index in [0.29, 0.717) is 11.9 Å². The lowest BCUT2D eigenvalue weighted by molar-refractivity contribution is 0.662. The summed E-state index contributed by atoms with van der Waals surface area (Å²) in [5, 5.41) is 1.88. The predicted molar refractivity (Wildman–Crippen MR) is 57.8 cm³/mol. The van der Waals surface area contributed by atoms with E-state index in [1.807, 2.05) is 18.1 Å². The van der Waals surface area contributed by atoms with E-state index in [2.05, 4.69) is 29.9 Å². The highest BCUT2D eigenvalue weighted by Gasteiger charge is 2.18. The molecule has 3 rings (SSSR count). The van der Waals surface area contributed by atoms with Gasteiger partial charge in [0.25, 0.3) is 0 Å². The molecule has 0 aliphatic carbocycles. The molecule has 1 aliphatic rings. The number of imidazole rings is 1. The fourth-order valence-corrected chi connectivity index (χ4v) is 1.65. The van der Waals surface area contributed by atoms with E-state index < -0.39 is 0 Å². The normalized spacial score (nSPS) is 12.9. The second-order valence-electron chi connectivity index (χ2n) is 3.54. The van der Waals surface area contributed by atoms with Crippen LogP contribution in [0.3, 0.4) is 0 Å².